The third-order valence-electron chi connectivity index (χ3n) is 6.73. The van der Waals surface area contributed by atoms with Crippen molar-refractivity contribution in [3.05, 3.63) is 53.9 Å². The highest BCUT2D eigenvalue weighted by molar-refractivity contribution is 6.13. The normalized spacial score (nSPS) is 18.3. The van der Waals surface area contributed by atoms with E-state index in [0.717, 1.165) is 30.6 Å². The van der Waals surface area contributed by atoms with Crippen LogP contribution in [-0.4, -0.2) is 50.2 Å². The third kappa shape index (κ3) is 3.79. The standard InChI is InChI=1S/C25H28FN7O/c1-3-33-14-20-22(31-9-8-17(12-31)28-16-4-5-16)7-6-19(23(20)30-33)25(34)29-18-10-21(26)24-27-15(2)11-32(24)13-18/h6-7,10-11,13-14,16-17,28H,3-5,8-9,12H2,1-2H3,(H,29,34)/t17-/m1/s1. The summed E-state index contributed by atoms with van der Waals surface area (Å²) in [6, 6.07) is 6.34. The number of carbonyl (C=O) groups is 1. The van der Waals surface area contributed by atoms with Crippen molar-refractivity contribution < 1.29 is 9.18 Å². The Morgan fingerprint density at radius 2 is 2.03 bits per heavy atom. The van der Waals surface area contributed by atoms with Crippen LogP contribution in [0.1, 0.15) is 42.2 Å². The van der Waals surface area contributed by atoms with E-state index in [4.69, 9.17) is 5.10 Å². The molecule has 2 N–H and O–H groups in total. The van der Waals surface area contributed by atoms with Crippen LogP contribution in [0.3, 0.4) is 0 Å². The maximum atomic E-state index is 14.5. The zero-order valence-corrected chi connectivity index (χ0v) is 19.4. The Hall–Kier alpha value is -3.46. The molecule has 6 rings (SSSR count). The number of aromatic nitrogens is 4. The number of aryl methyl sites for hydroxylation is 2. The number of pyridine rings is 1. The molecule has 0 spiro atoms. The van der Waals surface area contributed by atoms with Crippen molar-refractivity contribution >= 4 is 33.8 Å². The van der Waals surface area contributed by atoms with Gasteiger partial charge in [-0.15, -0.1) is 0 Å². The summed E-state index contributed by atoms with van der Waals surface area (Å²) in [5.74, 6) is -0.798. The Morgan fingerprint density at radius 1 is 1.18 bits per heavy atom. The van der Waals surface area contributed by atoms with E-state index in [0.29, 0.717) is 41.1 Å². The predicted molar refractivity (Wildman–Crippen MR) is 130 cm³/mol. The molecule has 2 aliphatic rings. The van der Waals surface area contributed by atoms with Gasteiger partial charge in [0.25, 0.3) is 5.91 Å². The third-order valence-corrected chi connectivity index (χ3v) is 6.73. The number of anilines is 2. The van der Waals surface area contributed by atoms with Crippen molar-refractivity contribution in [2.24, 2.45) is 0 Å². The molecule has 0 radical (unpaired) electrons. The van der Waals surface area contributed by atoms with E-state index in [2.05, 4.69) is 20.5 Å². The number of nitrogens with zero attached hydrogens (tertiary/aromatic N) is 5. The fourth-order valence-electron chi connectivity index (χ4n) is 4.90. The van der Waals surface area contributed by atoms with Crippen LogP contribution in [-0.2, 0) is 6.54 Å². The van der Waals surface area contributed by atoms with Crippen molar-refractivity contribution in [1.29, 1.82) is 0 Å². The van der Waals surface area contributed by atoms with Gasteiger partial charge in [-0.05, 0) is 45.2 Å². The molecule has 8 nitrogen and oxygen atoms in total. The summed E-state index contributed by atoms with van der Waals surface area (Å²) in [6.45, 7) is 6.48. The van der Waals surface area contributed by atoms with Gasteiger partial charge < -0.3 is 19.9 Å². The lowest BCUT2D eigenvalue weighted by Gasteiger charge is -2.20. The minimum Gasteiger partial charge on any atom is -0.369 e. The Kier molecular flexibility index (Phi) is 5.02. The minimum absolute atomic E-state index is 0.240. The number of imidazole rings is 1. The molecule has 4 aromatic rings. The van der Waals surface area contributed by atoms with E-state index in [1.54, 1.807) is 23.7 Å². The number of rotatable bonds is 6. The van der Waals surface area contributed by atoms with E-state index in [1.807, 2.05) is 29.9 Å². The van der Waals surface area contributed by atoms with Gasteiger partial charge >= 0.3 is 0 Å². The number of hydrogen-bond donors (Lipinski definition) is 2. The molecular weight excluding hydrogens is 433 g/mol. The molecule has 2 fully saturated rings. The molecule has 34 heavy (non-hydrogen) atoms. The number of fused-ring (bicyclic) bond motifs is 2. The topological polar surface area (TPSA) is 79.5 Å². The smallest absolute Gasteiger partial charge is 0.257 e. The highest BCUT2D eigenvalue weighted by Gasteiger charge is 2.30. The van der Waals surface area contributed by atoms with Crippen LogP contribution in [0.2, 0.25) is 0 Å². The maximum absolute atomic E-state index is 14.5. The number of halogens is 1. The second-order valence-electron chi connectivity index (χ2n) is 9.40. The molecule has 4 heterocycles. The molecule has 3 aromatic heterocycles. The summed E-state index contributed by atoms with van der Waals surface area (Å²) >= 11 is 0. The van der Waals surface area contributed by atoms with E-state index in [-0.39, 0.29) is 11.6 Å². The van der Waals surface area contributed by atoms with Crippen LogP contribution in [0.25, 0.3) is 16.6 Å². The molecule has 1 atom stereocenters. The van der Waals surface area contributed by atoms with Gasteiger partial charge in [0.05, 0.1) is 16.9 Å². The Labute approximate surface area is 196 Å². The summed E-state index contributed by atoms with van der Waals surface area (Å²) in [7, 11) is 0. The first kappa shape index (κ1) is 21.1. The van der Waals surface area contributed by atoms with E-state index < -0.39 is 5.82 Å². The number of benzene rings is 1. The molecule has 0 unspecified atom stereocenters. The highest BCUT2D eigenvalue weighted by atomic mass is 19.1. The lowest BCUT2D eigenvalue weighted by atomic mass is 10.1. The van der Waals surface area contributed by atoms with Gasteiger partial charge in [-0.2, -0.15) is 5.10 Å². The van der Waals surface area contributed by atoms with E-state index >= 15 is 0 Å². The molecule has 176 valence electrons. The first-order chi connectivity index (χ1) is 16.5. The van der Waals surface area contributed by atoms with Gasteiger partial charge in [-0.3, -0.25) is 9.48 Å². The fourth-order valence-corrected chi connectivity index (χ4v) is 4.90. The number of carbonyl (C=O) groups excluding carboxylic acids is 1. The second kappa shape index (κ2) is 8.09. The number of hydrogen-bond acceptors (Lipinski definition) is 5. The maximum Gasteiger partial charge on any atom is 0.257 e. The van der Waals surface area contributed by atoms with Gasteiger partial charge in [0, 0.05) is 67.4 Å². The molecule has 1 saturated heterocycles. The largest absolute Gasteiger partial charge is 0.369 e. The number of amides is 1. The monoisotopic (exact) mass is 461 g/mol. The molecule has 1 saturated carbocycles. The van der Waals surface area contributed by atoms with Crippen LogP contribution in [0.5, 0.6) is 0 Å². The van der Waals surface area contributed by atoms with Gasteiger partial charge in [0.2, 0.25) is 0 Å². The quantitative estimate of drug-likeness (QED) is 0.457. The van der Waals surface area contributed by atoms with Gasteiger partial charge in [-0.1, -0.05) is 0 Å². The molecule has 1 amide bonds. The van der Waals surface area contributed by atoms with E-state index in [9.17, 15) is 9.18 Å². The van der Waals surface area contributed by atoms with Crippen molar-refractivity contribution in [3.63, 3.8) is 0 Å². The van der Waals surface area contributed by atoms with Gasteiger partial charge in [0.15, 0.2) is 11.5 Å². The average molecular weight is 462 g/mol. The first-order valence-corrected chi connectivity index (χ1v) is 12.0. The van der Waals surface area contributed by atoms with Crippen molar-refractivity contribution in [2.45, 2.75) is 51.7 Å². The summed E-state index contributed by atoms with van der Waals surface area (Å²) < 4.78 is 17.9. The second-order valence-corrected chi connectivity index (χ2v) is 9.40. The predicted octanol–water partition coefficient (Wildman–Crippen LogP) is 3.73. The van der Waals surface area contributed by atoms with Crippen LogP contribution in [0, 0.1) is 12.7 Å². The van der Waals surface area contributed by atoms with Crippen LogP contribution >= 0.6 is 0 Å². The van der Waals surface area contributed by atoms with Crippen molar-refractivity contribution in [2.75, 3.05) is 23.3 Å². The summed E-state index contributed by atoms with van der Waals surface area (Å²) in [4.78, 5) is 19.8. The minimum atomic E-state index is -0.481. The zero-order valence-electron chi connectivity index (χ0n) is 19.4. The van der Waals surface area contributed by atoms with Crippen LogP contribution in [0.4, 0.5) is 15.8 Å². The van der Waals surface area contributed by atoms with Crippen molar-refractivity contribution in [1.82, 2.24) is 24.5 Å². The molecule has 9 heteroatoms. The first-order valence-electron chi connectivity index (χ1n) is 12.0. The number of nitrogens with one attached hydrogen (secondary N) is 2. The highest BCUT2D eigenvalue weighted by Crippen LogP contribution is 2.32. The molecule has 0 bridgehead atoms. The summed E-state index contributed by atoms with van der Waals surface area (Å²) in [5, 5.41) is 12.2. The van der Waals surface area contributed by atoms with Crippen LogP contribution in [0.15, 0.2) is 36.8 Å². The Morgan fingerprint density at radius 3 is 2.82 bits per heavy atom. The molecular formula is C25H28FN7O. The Bertz CT molecular complexity index is 1400. The summed E-state index contributed by atoms with van der Waals surface area (Å²) in [6.07, 6.45) is 9.10. The van der Waals surface area contributed by atoms with Gasteiger partial charge in [0.1, 0.15) is 5.52 Å². The van der Waals surface area contributed by atoms with Gasteiger partial charge in [-0.25, -0.2) is 9.37 Å². The Balaban J connectivity index is 1.31. The SMILES string of the molecule is CCn1cc2c(N3CC[C@@H](NC4CC4)C3)ccc(C(=O)Nc3cc(F)c4nc(C)cn4c3)c2n1. The fraction of sp³-hybridized carbons (Fsp3) is 0.400. The van der Waals surface area contributed by atoms with Crippen molar-refractivity contribution in [3.8, 4) is 0 Å². The zero-order chi connectivity index (χ0) is 23.4. The average Bonchev–Trinajstić information content (AvgIpc) is 3.18. The summed E-state index contributed by atoms with van der Waals surface area (Å²) in [5.41, 5.74) is 3.56. The molecule has 1 aromatic carbocycles. The lowest BCUT2D eigenvalue weighted by Crippen LogP contribution is -2.34. The molecule has 1 aliphatic heterocycles. The van der Waals surface area contributed by atoms with Crippen LogP contribution < -0.4 is 15.5 Å². The molecule has 1 aliphatic carbocycles. The lowest BCUT2D eigenvalue weighted by molar-refractivity contribution is 0.102. The van der Waals surface area contributed by atoms with E-state index in [1.165, 1.54) is 18.9 Å².